The number of nitro groups is 1. The smallest absolute Gasteiger partial charge is 0.339 e. The topological polar surface area (TPSA) is 104 Å². The Bertz CT molecular complexity index is 812. The Morgan fingerprint density at radius 2 is 2.08 bits per heavy atom. The molecule has 1 atom stereocenters. The molecule has 132 valence electrons. The van der Waals surface area contributed by atoms with Gasteiger partial charge in [-0.05, 0) is 40.5 Å². The van der Waals surface area contributed by atoms with E-state index in [1.807, 2.05) is 19.1 Å². The summed E-state index contributed by atoms with van der Waals surface area (Å²) in [5, 5.41) is 14.3. The Kier molecular flexibility index (Phi) is 5.92. The Balaban J connectivity index is 2.31. The second-order valence-corrected chi connectivity index (χ2v) is 5.95. The first-order chi connectivity index (χ1) is 11.9. The number of methoxy groups -OCH3 is 2. The summed E-state index contributed by atoms with van der Waals surface area (Å²) >= 11 is 3.40. The first-order valence-corrected chi connectivity index (χ1v) is 7.99. The normalized spacial score (nSPS) is 11.5. The predicted octanol–water partition coefficient (Wildman–Crippen LogP) is 3.72. The summed E-state index contributed by atoms with van der Waals surface area (Å²) < 4.78 is 10.5. The van der Waals surface area contributed by atoms with Gasteiger partial charge >= 0.3 is 11.7 Å². The number of nitrogens with zero attached hydrogens (tertiary/aromatic N) is 2. The van der Waals surface area contributed by atoms with Gasteiger partial charge < -0.3 is 14.8 Å². The molecule has 1 unspecified atom stereocenters. The van der Waals surface area contributed by atoms with Gasteiger partial charge in [0.1, 0.15) is 5.75 Å². The average Bonchev–Trinajstić information content (AvgIpc) is 2.60. The lowest BCUT2D eigenvalue weighted by molar-refractivity contribution is -0.384. The summed E-state index contributed by atoms with van der Waals surface area (Å²) in [7, 11) is 2.77. The van der Waals surface area contributed by atoms with Crippen molar-refractivity contribution in [3.05, 3.63) is 56.2 Å². The van der Waals surface area contributed by atoms with Gasteiger partial charge in [-0.3, -0.25) is 10.1 Å². The van der Waals surface area contributed by atoms with Gasteiger partial charge in [0.05, 0.1) is 35.2 Å². The van der Waals surface area contributed by atoms with E-state index in [1.54, 1.807) is 13.2 Å². The molecule has 0 radical (unpaired) electrons. The van der Waals surface area contributed by atoms with Crippen LogP contribution in [-0.2, 0) is 4.74 Å². The van der Waals surface area contributed by atoms with Crippen molar-refractivity contribution >= 4 is 33.4 Å². The fraction of sp³-hybridized carbons (Fsp3) is 0.250. The Morgan fingerprint density at radius 1 is 1.36 bits per heavy atom. The second-order valence-electron chi connectivity index (χ2n) is 5.10. The van der Waals surface area contributed by atoms with Crippen LogP contribution >= 0.6 is 15.9 Å². The maximum atomic E-state index is 11.5. The molecule has 0 aliphatic rings. The van der Waals surface area contributed by atoms with Crippen LogP contribution in [0.4, 0.5) is 11.5 Å². The first kappa shape index (κ1) is 18.7. The van der Waals surface area contributed by atoms with Crippen LogP contribution in [0.2, 0.25) is 0 Å². The number of hydrogen-bond donors (Lipinski definition) is 1. The SMILES string of the molecule is COC(=O)c1cnc(NC(C)c2ccc(OC)c(Br)c2)c([N+](=O)[O-])c1. The summed E-state index contributed by atoms with van der Waals surface area (Å²) in [6.07, 6.45) is 1.23. The quantitative estimate of drug-likeness (QED) is 0.440. The van der Waals surface area contributed by atoms with E-state index in [4.69, 9.17) is 4.74 Å². The van der Waals surface area contributed by atoms with E-state index in [2.05, 4.69) is 31.0 Å². The lowest BCUT2D eigenvalue weighted by atomic mass is 10.1. The van der Waals surface area contributed by atoms with Crippen LogP contribution in [0.1, 0.15) is 28.9 Å². The number of carbonyl (C=O) groups excluding carboxylic acids is 1. The number of benzene rings is 1. The van der Waals surface area contributed by atoms with Crippen LogP contribution in [0.25, 0.3) is 0 Å². The van der Waals surface area contributed by atoms with E-state index in [9.17, 15) is 14.9 Å². The molecule has 1 aromatic carbocycles. The number of esters is 1. The Labute approximate surface area is 152 Å². The zero-order valence-corrected chi connectivity index (χ0v) is 15.4. The molecule has 8 nitrogen and oxygen atoms in total. The molecule has 1 aromatic heterocycles. The molecule has 1 heterocycles. The number of carbonyl (C=O) groups is 1. The van der Waals surface area contributed by atoms with Crippen LogP contribution in [0, 0.1) is 10.1 Å². The highest BCUT2D eigenvalue weighted by Gasteiger charge is 2.21. The van der Waals surface area contributed by atoms with Crippen molar-refractivity contribution in [2.45, 2.75) is 13.0 Å². The maximum Gasteiger partial charge on any atom is 0.339 e. The fourth-order valence-corrected chi connectivity index (χ4v) is 2.73. The third-order valence-corrected chi connectivity index (χ3v) is 4.13. The number of nitrogens with one attached hydrogen (secondary N) is 1. The summed E-state index contributed by atoms with van der Waals surface area (Å²) in [6, 6.07) is 6.36. The minimum absolute atomic E-state index is 0.0135. The molecule has 25 heavy (non-hydrogen) atoms. The van der Waals surface area contributed by atoms with Gasteiger partial charge in [-0.25, -0.2) is 9.78 Å². The van der Waals surface area contributed by atoms with Gasteiger partial charge in [-0.15, -0.1) is 0 Å². The van der Waals surface area contributed by atoms with Crippen molar-refractivity contribution in [3.63, 3.8) is 0 Å². The second kappa shape index (κ2) is 7.93. The van der Waals surface area contributed by atoms with Gasteiger partial charge in [0.15, 0.2) is 0 Å². The lowest BCUT2D eigenvalue weighted by Crippen LogP contribution is -2.11. The maximum absolute atomic E-state index is 11.5. The molecule has 0 bridgehead atoms. The van der Waals surface area contributed by atoms with E-state index in [0.29, 0.717) is 5.75 Å². The molecule has 2 aromatic rings. The van der Waals surface area contributed by atoms with Crippen LogP contribution in [0.5, 0.6) is 5.75 Å². The van der Waals surface area contributed by atoms with Crippen LogP contribution in [0.15, 0.2) is 34.9 Å². The summed E-state index contributed by atoms with van der Waals surface area (Å²) in [5.74, 6) is 0.0638. The molecule has 2 rings (SSSR count). The van der Waals surface area contributed by atoms with Gasteiger partial charge in [0.25, 0.3) is 0 Å². The van der Waals surface area contributed by atoms with Crippen molar-refractivity contribution in [1.29, 1.82) is 0 Å². The van der Waals surface area contributed by atoms with Crippen molar-refractivity contribution in [2.75, 3.05) is 19.5 Å². The molecule has 1 N–H and O–H groups in total. The molecule has 0 aliphatic heterocycles. The Morgan fingerprint density at radius 3 is 2.64 bits per heavy atom. The monoisotopic (exact) mass is 409 g/mol. The fourth-order valence-electron chi connectivity index (χ4n) is 2.17. The molecule has 0 fully saturated rings. The summed E-state index contributed by atoms with van der Waals surface area (Å²) in [6.45, 7) is 1.84. The van der Waals surface area contributed by atoms with Crippen molar-refractivity contribution in [2.24, 2.45) is 0 Å². The van der Waals surface area contributed by atoms with Crippen molar-refractivity contribution in [3.8, 4) is 5.75 Å². The molecule has 9 heteroatoms. The molecule has 0 amide bonds. The summed E-state index contributed by atoms with van der Waals surface area (Å²) in [4.78, 5) is 26.2. The minimum Gasteiger partial charge on any atom is -0.496 e. The average molecular weight is 410 g/mol. The molecule has 0 saturated heterocycles. The van der Waals surface area contributed by atoms with Crippen molar-refractivity contribution in [1.82, 2.24) is 4.98 Å². The van der Waals surface area contributed by atoms with E-state index in [-0.39, 0.29) is 23.1 Å². The standard InChI is InChI=1S/C16H16BrN3O5/c1-9(10-4-5-14(24-2)12(17)6-10)19-15-13(20(22)23)7-11(8-18-15)16(21)25-3/h4-9H,1-3H3,(H,18,19). The molecule has 0 aliphatic carbocycles. The van der Waals surface area contributed by atoms with Crippen LogP contribution in [-0.4, -0.2) is 30.1 Å². The highest BCUT2D eigenvalue weighted by atomic mass is 79.9. The van der Waals surface area contributed by atoms with E-state index in [1.165, 1.54) is 13.3 Å². The van der Waals surface area contributed by atoms with Crippen molar-refractivity contribution < 1.29 is 19.2 Å². The number of hydrogen-bond acceptors (Lipinski definition) is 7. The number of aromatic nitrogens is 1. The molecular weight excluding hydrogens is 394 g/mol. The minimum atomic E-state index is -0.686. The van der Waals surface area contributed by atoms with Gasteiger partial charge in [-0.2, -0.15) is 0 Å². The number of pyridine rings is 1. The molecule has 0 spiro atoms. The third kappa shape index (κ3) is 4.24. The zero-order chi connectivity index (χ0) is 18.6. The largest absolute Gasteiger partial charge is 0.496 e. The molecular formula is C16H16BrN3O5. The van der Waals surface area contributed by atoms with Gasteiger partial charge in [0, 0.05) is 12.3 Å². The number of rotatable bonds is 6. The van der Waals surface area contributed by atoms with Crippen LogP contribution < -0.4 is 10.1 Å². The zero-order valence-electron chi connectivity index (χ0n) is 13.8. The van der Waals surface area contributed by atoms with Gasteiger partial charge in [-0.1, -0.05) is 6.07 Å². The van der Waals surface area contributed by atoms with E-state index >= 15 is 0 Å². The first-order valence-electron chi connectivity index (χ1n) is 7.20. The lowest BCUT2D eigenvalue weighted by Gasteiger charge is -2.16. The number of anilines is 1. The Hall–Kier alpha value is -2.68. The highest BCUT2D eigenvalue weighted by molar-refractivity contribution is 9.10. The number of halogens is 1. The van der Waals surface area contributed by atoms with E-state index in [0.717, 1.165) is 16.1 Å². The van der Waals surface area contributed by atoms with E-state index < -0.39 is 10.9 Å². The highest BCUT2D eigenvalue weighted by Crippen LogP contribution is 2.31. The summed E-state index contributed by atoms with van der Waals surface area (Å²) in [5.41, 5.74) is 0.586. The number of ether oxygens (including phenoxy) is 2. The third-order valence-electron chi connectivity index (χ3n) is 3.51. The van der Waals surface area contributed by atoms with Gasteiger partial charge in [0.2, 0.25) is 5.82 Å². The van der Waals surface area contributed by atoms with Crippen LogP contribution in [0.3, 0.4) is 0 Å². The predicted molar refractivity (Wildman–Crippen MR) is 95.0 cm³/mol. The molecule has 0 saturated carbocycles.